The van der Waals surface area contributed by atoms with Gasteiger partial charge in [-0.1, -0.05) is 23.9 Å². The Morgan fingerprint density at radius 3 is 2.36 bits per heavy atom. The number of methoxy groups -OCH3 is 2. The Kier molecular flexibility index (Phi) is 7.23. The van der Waals surface area contributed by atoms with Crippen molar-refractivity contribution in [1.29, 1.82) is 5.41 Å². The number of carbonyl (C=O) groups is 1. The molecule has 0 aliphatic rings. The number of rotatable bonds is 6. The number of nitrogens with zero attached hydrogens (tertiary/aromatic N) is 4. The number of esters is 1. The summed E-state index contributed by atoms with van der Waals surface area (Å²) >= 11 is 0.722. The predicted octanol–water partition coefficient (Wildman–Crippen LogP) is 3.04. The first-order valence-electron chi connectivity index (χ1n) is 9.18. The second-order valence-electron chi connectivity index (χ2n) is 6.29. The Labute approximate surface area is 193 Å². The monoisotopic (exact) mass is 491 g/mol. The van der Waals surface area contributed by atoms with Gasteiger partial charge >= 0.3 is 12.0 Å². The van der Waals surface area contributed by atoms with Gasteiger partial charge in [0, 0.05) is 4.90 Å². The molecule has 0 bridgehead atoms. The molecule has 0 amide bonds. The molecule has 33 heavy (non-hydrogen) atoms. The van der Waals surface area contributed by atoms with Gasteiger partial charge in [-0.25, -0.2) is 17.6 Å². The molecule has 10 nitrogen and oxygen atoms in total. The number of aromatic nitrogens is 3. The molecule has 2 aromatic carbocycles. The van der Waals surface area contributed by atoms with E-state index in [1.54, 1.807) is 0 Å². The van der Waals surface area contributed by atoms with E-state index >= 15 is 0 Å². The summed E-state index contributed by atoms with van der Waals surface area (Å²) in [7, 11) is -2.19. The summed E-state index contributed by atoms with van der Waals surface area (Å²) < 4.78 is 51.0. The fraction of sp³-hybridized carbons (Fsp3) is 0.150. The number of aryl methyl sites for hydroxylation is 1. The number of carbonyl (C=O) groups excluding carboxylic acids is 1. The molecular weight excluding hydrogens is 473 g/mol. The van der Waals surface area contributed by atoms with Crippen LogP contribution >= 0.6 is 11.8 Å². The molecule has 0 saturated heterocycles. The van der Waals surface area contributed by atoms with E-state index in [1.807, 2.05) is 0 Å². The summed E-state index contributed by atoms with van der Waals surface area (Å²) in [5, 5.41) is 8.03. The van der Waals surface area contributed by atoms with Gasteiger partial charge in [0.1, 0.15) is 16.5 Å². The molecule has 0 aliphatic carbocycles. The van der Waals surface area contributed by atoms with Gasteiger partial charge in [-0.15, -0.1) is 0 Å². The van der Waals surface area contributed by atoms with E-state index in [9.17, 15) is 17.6 Å². The van der Waals surface area contributed by atoms with E-state index in [0.29, 0.717) is 9.20 Å². The average Bonchev–Trinajstić information content (AvgIpc) is 2.79. The highest BCUT2D eigenvalue weighted by molar-refractivity contribution is 8.15. The molecule has 0 aliphatic heterocycles. The van der Waals surface area contributed by atoms with Gasteiger partial charge < -0.3 is 9.47 Å². The number of sulfonamides is 1. The van der Waals surface area contributed by atoms with Crippen molar-refractivity contribution in [3.8, 4) is 6.01 Å². The molecule has 1 aromatic heterocycles. The average molecular weight is 492 g/mol. The maximum Gasteiger partial charge on any atom is 0.339 e. The lowest BCUT2D eigenvalue weighted by atomic mass is 10.2. The molecule has 0 spiro atoms. The molecule has 172 valence electrons. The molecule has 13 heteroatoms. The van der Waals surface area contributed by atoms with Crippen LogP contribution in [0.2, 0.25) is 0 Å². The van der Waals surface area contributed by atoms with Crippen LogP contribution in [0, 0.1) is 18.2 Å². The fourth-order valence-electron chi connectivity index (χ4n) is 2.66. The molecule has 0 saturated carbocycles. The fourth-order valence-corrected chi connectivity index (χ4v) is 5.12. The van der Waals surface area contributed by atoms with Crippen LogP contribution in [-0.4, -0.2) is 48.7 Å². The smallest absolute Gasteiger partial charge is 0.339 e. The third kappa shape index (κ3) is 5.26. The molecule has 3 aromatic rings. The van der Waals surface area contributed by atoms with Gasteiger partial charge in [-0.05, 0) is 43.3 Å². The van der Waals surface area contributed by atoms with E-state index in [-0.39, 0.29) is 17.4 Å². The van der Waals surface area contributed by atoms with E-state index in [0.717, 1.165) is 18.9 Å². The van der Waals surface area contributed by atoms with Crippen molar-refractivity contribution in [1.82, 2.24) is 15.0 Å². The van der Waals surface area contributed by atoms with Crippen LogP contribution in [0.25, 0.3) is 0 Å². The molecule has 0 fully saturated rings. The van der Waals surface area contributed by atoms with Crippen LogP contribution in [0.4, 0.5) is 10.3 Å². The van der Waals surface area contributed by atoms with Gasteiger partial charge in [-0.2, -0.15) is 19.3 Å². The maximum atomic E-state index is 13.7. The van der Waals surface area contributed by atoms with E-state index in [1.165, 1.54) is 62.6 Å². The summed E-state index contributed by atoms with van der Waals surface area (Å²) in [6.45, 7) is 1.50. The van der Waals surface area contributed by atoms with E-state index < -0.39 is 37.8 Å². The number of ether oxygens (including phenoxy) is 2. The Hall–Kier alpha value is -3.58. The number of halogens is 1. The number of nitrogens with one attached hydrogen (secondary N) is 1. The van der Waals surface area contributed by atoms with E-state index in [4.69, 9.17) is 14.9 Å². The van der Waals surface area contributed by atoms with Crippen LogP contribution in [0.5, 0.6) is 6.01 Å². The second-order valence-corrected chi connectivity index (χ2v) is 9.10. The largest absolute Gasteiger partial charge is 0.467 e. The number of hydrogen-bond donors (Lipinski definition) is 1. The van der Waals surface area contributed by atoms with Crippen LogP contribution in [0.15, 0.2) is 58.3 Å². The number of hydrogen-bond acceptors (Lipinski definition) is 10. The highest BCUT2D eigenvalue weighted by Crippen LogP contribution is 2.30. The SMILES string of the molecule is COC(=O)c1ccccc1S(=O)(=O)N(C(=N)Sc1ccc(F)cc1)c1nc(C)nc(OC)n1. The molecule has 3 rings (SSSR count). The lowest BCUT2D eigenvalue weighted by molar-refractivity contribution is 0.0596. The lowest BCUT2D eigenvalue weighted by Crippen LogP contribution is -2.37. The van der Waals surface area contributed by atoms with Crippen molar-refractivity contribution >= 4 is 38.9 Å². The summed E-state index contributed by atoms with van der Waals surface area (Å²) in [4.78, 5) is 24.2. The van der Waals surface area contributed by atoms with Gasteiger partial charge in [0.25, 0.3) is 16.0 Å². The highest BCUT2D eigenvalue weighted by atomic mass is 32.2. The second kappa shape index (κ2) is 9.92. The van der Waals surface area contributed by atoms with Gasteiger partial charge in [-0.3, -0.25) is 5.41 Å². The van der Waals surface area contributed by atoms with E-state index in [2.05, 4.69) is 15.0 Å². The van der Waals surface area contributed by atoms with Crippen molar-refractivity contribution in [2.45, 2.75) is 16.7 Å². The number of thioether (sulfide) groups is 1. The number of benzene rings is 2. The summed E-state index contributed by atoms with van der Waals surface area (Å²) in [5.41, 5.74) is -0.234. The van der Waals surface area contributed by atoms with Crippen molar-refractivity contribution < 1.29 is 27.1 Å². The van der Waals surface area contributed by atoms with Crippen LogP contribution < -0.4 is 9.04 Å². The minimum atomic E-state index is -4.60. The third-order valence-corrected chi connectivity index (χ3v) is 6.84. The normalized spacial score (nSPS) is 11.0. The molecule has 0 radical (unpaired) electrons. The quantitative estimate of drug-likeness (QED) is 0.239. The standard InChI is InChI=1S/C20H18FN5O5S2/c1-12-23-19(25-20(24-12)31-3)26(18(22)32-14-10-8-13(21)9-11-14)33(28,29)16-7-5-4-6-15(16)17(27)30-2/h4-11,22H,1-3H3. The number of anilines is 1. The Morgan fingerprint density at radius 2 is 1.73 bits per heavy atom. The Morgan fingerprint density at radius 1 is 1.06 bits per heavy atom. The zero-order valence-electron chi connectivity index (χ0n) is 17.6. The van der Waals surface area contributed by atoms with Crippen molar-refractivity contribution in [2.24, 2.45) is 0 Å². The minimum Gasteiger partial charge on any atom is -0.467 e. The molecule has 0 atom stereocenters. The summed E-state index contributed by atoms with van der Waals surface area (Å²) in [5.74, 6) is -1.65. The summed E-state index contributed by atoms with van der Waals surface area (Å²) in [6, 6.07) is 10.4. The third-order valence-electron chi connectivity index (χ3n) is 4.10. The first-order valence-corrected chi connectivity index (χ1v) is 11.4. The van der Waals surface area contributed by atoms with Gasteiger partial charge in [0.05, 0.1) is 19.8 Å². The van der Waals surface area contributed by atoms with Crippen molar-refractivity contribution in [3.63, 3.8) is 0 Å². The maximum absolute atomic E-state index is 13.7. The Bertz CT molecular complexity index is 1300. The topological polar surface area (TPSA) is 135 Å². The van der Waals surface area contributed by atoms with Crippen LogP contribution in [-0.2, 0) is 14.8 Å². The van der Waals surface area contributed by atoms with Gasteiger partial charge in [0.2, 0.25) is 0 Å². The van der Waals surface area contributed by atoms with Crippen LogP contribution in [0.3, 0.4) is 0 Å². The number of amidine groups is 1. The molecular formula is C20H18FN5O5S2. The minimum absolute atomic E-state index is 0.137. The Balaban J connectivity index is 2.18. The highest BCUT2D eigenvalue weighted by Gasteiger charge is 2.35. The zero-order valence-corrected chi connectivity index (χ0v) is 19.3. The van der Waals surface area contributed by atoms with Crippen molar-refractivity contribution in [3.05, 3.63) is 65.7 Å². The zero-order chi connectivity index (χ0) is 24.2. The van der Waals surface area contributed by atoms with Crippen LogP contribution in [0.1, 0.15) is 16.2 Å². The first kappa shape index (κ1) is 24.1. The molecule has 1 heterocycles. The van der Waals surface area contributed by atoms with Crippen molar-refractivity contribution in [2.75, 3.05) is 18.5 Å². The van der Waals surface area contributed by atoms with Gasteiger partial charge in [0.15, 0.2) is 5.17 Å². The summed E-state index contributed by atoms with van der Waals surface area (Å²) in [6.07, 6.45) is 0. The molecule has 0 unspecified atom stereocenters. The molecule has 1 N–H and O–H groups in total. The lowest BCUT2D eigenvalue weighted by Gasteiger charge is -2.23. The predicted molar refractivity (Wildman–Crippen MR) is 119 cm³/mol. The first-order chi connectivity index (χ1) is 15.7.